The third kappa shape index (κ3) is 3.72. The highest BCUT2D eigenvalue weighted by atomic mass is 16.2. The standard InChI is InChI=1S/C9H20N2O/c1-7(12)11(5)6-8(10)9(2,3)4/h8H,6,10H2,1-5H3/t8-/m1/s1. The smallest absolute Gasteiger partial charge is 0.219 e. The second kappa shape index (κ2) is 3.90. The van der Waals surface area contributed by atoms with Crippen molar-refractivity contribution in [3.8, 4) is 0 Å². The summed E-state index contributed by atoms with van der Waals surface area (Å²) in [6.07, 6.45) is 0. The number of amides is 1. The first-order chi connectivity index (χ1) is 5.25. The Morgan fingerprint density at radius 3 is 2.17 bits per heavy atom. The molecule has 3 heteroatoms. The van der Waals surface area contributed by atoms with Gasteiger partial charge in [0.2, 0.25) is 5.91 Å². The molecule has 0 aliphatic carbocycles. The maximum Gasteiger partial charge on any atom is 0.219 e. The van der Waals surface area contributed by atoms with Crippen LogP contribution in [-0.4, -0.2) is 30.4 Å². The van der Waals surface area contributed by atoms with Crippen molar-refractivity contribution in [2.75, 3.05) is 13.6 Å². The molecule has 0 saturated carbocycles. The van der Waals surface area contributed by atoms with Crippen LogP contribution in [0.5, 0.6) is 0 Å². The first-order valence-electron chi connectivity index (χ1n) is 4.22. The Morgan fingerprint density at radius 1 is 1.50 bits per heavy atom. The van der Waals surface area contributed by atoms with E-state index in [1.165, 1.54) is 0 Å². The Balaban J connectivity index is 4.01. The summed E-state index contributed by atoms with van der Waals surface area (Å²) in [6.45, 7) is 8.40. The van der Waals surface area contributed by atoms with Crippen LogP contribution in [0.3, 0.4) is 0 Å². The molecule has 2 N–H and O–H groups in total. The average Bonchev–Trinajstić information content (AvgIpc) is 1.85. The van der Waals surface area contributed by atoms with Crippen LogP contribution >= 0.6 is 0 Å². The minimum absolute atomic E-state index is 0.0337. The summed E-state index contributed by atoms with van der Waals surface area (Å²) in [7, 11) is 1.77. The minimum atomic E-state index is 0.0337. The van der Waals surface area contributed by atoms with Crippen LogP contribution in [0, 0.1) is 5.41 Å². The van der Waals surface area contributed by atoms with Crippen LogP contribution in [0.15, 0.2) is 0 Å². The number of nitrogens with two attached hydrogens (primary N) is 1. The van der Waals surface area contributed by atoms with Crippen LogP contribution in [-0.2, 0) is 4.79 Å². The molecule has 0 saturated heterocycles. The molecule has 0 bridgehead atoms. The van der Waals surface area contributed by atoms with Crippen LogP contribution in [0.4, 0.5) is 0 Å². The quantitative estimate of drug-likeness (QED) is 0.671. The molecular weight excluding hydrogens is 152 g/mol. The Morgan fingerprint density at radius 2 is 1.92 bits per heavy atom. The molecule has 72 valence electrons. The lowest BCUT2D eigenvalue weighted by Gasteiger charge is -2.30. The number of hydrogen-bond acceptors (Lipinski definition) is 2. The van der Waals surface area contributed by atoms with Crippen molar-refractivity contribution in [3.05, 3.63) is 0 Å². The zero-order chi connectivity index (χ0) is 9.94. The molecule has 0 spiro atoms. The molecule has 1 atom stereocenters. The molecule has 1 amide bonds. The number of hydrogen-bond donors (Lipinski definition) is 1. The van der Waals surface area contributed by atoms with Crippen molar-refractivity contribution in [2.24, 2.45) is 11.1 Å². The van der Waals surface area contributed by atoms with Crippen molar-refractivity contribution < 1.29 is 4.79 Å². The van der Waals surface area contributed by atoms with Crippen molar-refractivity contribution in [1.29, 1.82) is 0 Å². The molecule has 0 aromatic heterocycles. The van der Waals surface area contributed by atoms with Gasteiger partial charge in [0.15, 0.2) is 0 Å². The van der Waals surface area contributed by atoms with Gasteiger partial charge in [0.05, 0.1) is 0 Å². The summed E-state index contributed by atoms with van der Waals surface area (Å²) in [5.74, 6) is 0.0645. The first kappa shape index (κ1) is 11.4. The third-order valence-electron chi connectivity index (χ3n) is 2.12. The Hall–Kier alpha value is -0.570. The van der Waals surface area contributed by atoms with E-state index < -0.39 is 0 Å². The van der Waals surface area contributed by atoms with Crippen LogP contribution < -0.4 is 5.73 Å². The summed E-state index contributed by atoms with van der Waals surface area (Å²) >= 11 is 0. The van der Waals surface area contributed by atoms with Crippen LogP contribution in [0.25, 0.3) is 0 Å². The number of rotatable bonds is 2. The number of carbonyl (C=O) groups is 1. The van der Waals surface area contributed by atoms with E-state index in [2.05, 4.69) is 20.8 Å². The third-order valence-corrected chi connectivity index (χ3v) is 2.12. The van der Waals surface area contributed by atoms with E-state index in [1.807, 2.05) is 0 Å². The van der Waals surface area contributed by atoms with Crippen molar-refractivity contribution in [2.45, 2.75) is 33.7 Å². The van der Waals surface area contributed by atoms with E-state index in [0.29, 0.717) is 6.54 Å². The molecule has 0 fully saturated rings. The Bertz CT molecular complexity index is 160. The van der Waals surface area contributed by atoms with Crippen molar-refractivity contribution in [1.82, 2.24) is 4.90 Å². The van der Waals surface area contributed by atoms with E-state index in [0.717, 1.165) is 0 Å². The highest BCUT2D eigenvalue weighted by Crippen LogP contribution is 2.17. The van der Waals surface area contributed by atoms with E-state index in [-0.39, 0.29) is 17.4 Å². The Labute approximate surface area is 74.9 Å². The predicted molar refractivity (Wildman–Crippen MR) is 50.7 cm³/mol. The van der Waals surface area contributed by atoms with Crippen molar-refractivity contribution >= 4 is 5.91 Å². The maximum absolute atomic E-state index is 10.9. The summed E-state index contributed by atoms with van der Waals surface area (Å²) in [5.41, 5.74) is 5.95. The van der Waals surface area contributed by atoms with Gasteiger partial charge in [0, 0.05) is 26.6 Å². The van der Waals surface area contributed by atoms with Gasteiger partial charge in [-0.2, -0.15) is 0 Å². The molecule has 0 heterocycles. The van der Waals surface area contributed by atoms with Gasteiger partial charge in [-0.25, -0.2) is 0 Å². The molecule has 0 aliphatic heterocycles. The normalized spacial score (nSPS) is 14.2. The minimum Gasteiger partial charge on any atom is -0.344 e. The van der Waals surface area contributed by atoms with E-state index in [1.54, 1.807) is 18.9 Å². The van der Waals surface area contributed by atoms with Crippen LogP contribution in [0.2, 0.25) is 0 Å². The lowest BCUT2D eigenvalue weighted by molar-refractivity contribution is -0.128. The SMILES string of the molecule is CC(=O)N(C)C[C@@H](N)C(C)(C)C. The molecule has 0 aliphatic rings. The molecule has 0 aromatic carbocycles. The van der Waals surface area contributed by atoms with Gasteiger partial charge in [-0.05, 0) is 5.41 Å². The summed E-state index contributed by atoms with van der Waals surface area (Å²) < 4.78 is 0. The molecule has 0 unspecified atom stereocenters. The molecule has 0 aromatic rings. The predicted octanol–water partition coefficient (Wildman–Crippen LogP) is 0.838. The van der Waals surface area contributed by atoms with Gasteiger partial charge in [-0.3, -0.25) is 4.79 Å². The monoisotopic (exact) mass is 172 g/mol. The number of likely N-dealkylation sites (N-methyl/N-ethyl adjacent to an activating group) is 1. The largest absolute Gasteiger partial charge is 0.344 e. The van der Waals surface area contributed by atoms with E-state index >= 15 is 0 Å². The molecule has 3 nitrogen and oxygen atoms in total. The summed E-state index contributed by atoms with van der Waals surface area (Å²) in [5, 5.41) is 0. The fraction of sp³-hybridized carbons (Fsp3) is 0.889. The van der Waals surface area contributed by atoms with E-state index in [9.17, 15) is 4.79 Å². The van der Waals surface area contributed by atoms with Gasteiger partial charge in [0.1, 0.15) is 0 Å². The lowest BCUT2D eigenvalue weighted by Crippen LogP contribution is -2.45. The Kier molecular flexibility index (Phi) is 3.71. The topological polar surface area (TPSA) is 46.3 Å². The van der Waals surface area contributed by atoms with Gasteiger partial charge >= 0.3 is 0 Å². The van der Waals surface area contributed by atoms with Gasteiger partial charge in [0.25, 0.3) is 0 Å². The molecule has 12 heavy (non-hydrogen) atoms. The maximum atomic E-state index is 10.9. The molecule has 0 radical (unpaired) electrons. The first-order valence-corrected chi connectivity index (χ1v) is 4.22. The zero-order valence-electron chi connectivity index (χ0n) is 8.72. The van der Waals surface area contributed by atoms with Crippen LogP contribution in [0.1, 0.15) is 27.7 Å². The zero-order valence-corrected chi connectivity index (χ0v) is 8.72. The van der Waals surface area contributed by atoms with E-state index in [4.69, 9.17) is 5.73 Å². The fourth-order valence-corrected chi connectivity index (χ4v) is 0.697. The second-order valence-corrected chi connectivity index (χ2v) is 4.37. The summed E-state index contributed by atoms with van der Waals surface area (Å²) in [6, 6.07) is 0.0337. The molecule has 0 rings (SSSR count). The average molecular weight is 172 g/mol. The highest BCUT2D eigenvalue weighted by Gasteiger charge is 2.22. The summed E-state index contributed by atoms with van der Waals surface area (Å²) in [4.78, 5) is 12.5. The second-order valence-electron chi connectivity index (χ2n) is 4.37. The highest BCUT2D eigenvalue weighted by molar-refractivity contribution is 5.72. The van der Waals surface area contributed by atoms with Gasteiger partial charge in [-0.15, -0.1) is 0 Å². The molecular formula is C9H20N2O. The number of nitrogens with zero attached hydrogens (tertiary/aromatic N) is 1. The fourth-order valence-electron chi connectivity index (χ4n) is 0.697. The lowest BCUT2D eigenvalue weighted by atomic mass is 9.87. The van der Waals surface area contributed by atoms with Gasteiger partial charge in [-0.1, -0.05) is 20.8 Å². The van der Waals surface area contributed by atoms with Gasteiger partial charge < -0.3 is 10.6 Å². The van der Waals surface area contributed by atoms with Crippen molar-refractivity contribution in [3.63, 3.8) is 0 Å². The number of carbonyl (C=O) groups excluding carboxylic acids is 1.